The minimum absolute atomic E-state index is 0.0922. The average molecular weight is 197 g/mol. The molecule has 0 bridgehead atoms. The van der Waals surface area contributed by atoms with E-state index in [1.807, 2.05) is 0 Å². The Morgan fingerprint density at radius 3 is 2.71 bits per heavy atom. The molecule has 2 saturated heterocycles. The van der Waals surface area contributed by atoms with Gasteiger partial charge in [0.1, 0.15) is 0 Å². The van der Waals surface area contributed by atoms with Crippen molar-refractivity contribution in [3.05, 3.63) is 0 Å². The van der Waals surface area contributed by atoms with E-state index in [4.69, 9.17) is 0 Å². The summed E-state index contributed by atoms with van der Waals surface area (Å²) in [4.78, 5) is 22.3. The van der Waals surface area contributed by atoms with Crippen LogP contribution in [0.4, 0.5) is 0 Å². The monoisotopic (exact) mass is 197 g/mol. The number of rotatable bonds is 3. The van der Waals surface area contributed by atoms with Crippen molar-refractivity contribution in [2.45, 2.75) is 6.42 Å². The van der Waals surface area contributed by atoms with E-state index < -0.39 is 0 Å². The van der Waals surface area contributed by atoms with Crippen LogP contribution in [0.5, 0.6) is 0 Å². The Morgan fingerprint density at radius 1 is 1.43 bits per heavy atom. The van der Waals surface area contributed by atoms with Gasteiger partial charge in [0.15, 0.2) is 0 Å². The van der Waals surface area contributed by atoms with Gasteiger partial charge >= 0.3 is 0 Å². The van der Waals surface area contributed by atoms with Crippen LogP contribution in [0.3, 0.4) is 0 Å². The van der Waals surface area contributed by atoms with Crippen LogP contribution in [-0.4, -0.2) is 38.0 Å². The third kappa shape index (κ3) is 2.04. The van der Waals surface area contributed by atoms with E-state index in [1.54, 1.807) is 0 Å². The van der Waals surface area contributed by atoms with Crippen LogP contribution in [0.15, 0.2) is 0 Å². The predicted octanol–water partition coefficient (Wildman–Crippen LogP) is -1.54. The summed E-state index contributed by atoms with van der Waals surface area (Å²) >= 11 is 0. The van der Waals surface area contributed by atoms with Crippen molar-refractivity contribution in [3.8, 4) is 0 Å². The Balaban J connectivity index is 1.66. The lowest BCUT2D eigenvalue weighted by molar-refractivity contribution is -0.126. The first kappa shape index (κ1) is 9.45. The molecule has 3 N–H and O–H groups in total. The standard InChI is InChI=1S/C9H15N3O2/c13-8-1-6(2-11-8)3-12-9(14)7-4-10-5-7/h6-7,10H,1-5H2,(H,11,13)(H,12,14). The molecule has 2 rings (SSSR count). The molecular formula is C9H15N3O2. The third-order valence-electron chi connectivity index (χ3n) is 2.78. The molecule has 5 nitrogen and oxygen atoms in total. The van der Waals surface area contributed by atoms with Gasteiger partial charge in [0.05, 0.1) is 5.92 Å². The van der Waals surface area contributed by atoms with E-state index >= 15 is 0 Å². The number of nitrogens with one attached hydrogen (secondary N) is 3. The molecule has 2 aliphatic rings. The molecule has 0 saturated carbocycles. The molecule has 0 aromatic rings. The topological polar surface area (TPSA) is 70.2 Å². The fraction of sp³-hybridized carbons (Fsp3) is 0.778. The van der Waals surface area contributed by atoms with Gasteiger partial charge in [0, 0.05) is 38.5 Å². The van der Waals surface area contributed by atoms with Crippen molar-refractivity contribution in [2.24, 2.45) is 11.8 Å². The van der Waals surface area contributed by atoms with Crippen molar-refractivity contribution in [2.75, 3.05) is 26.2 Å². The summed E-state index contributed by atoms with van der Waals surface area (Å²) in [7, 11) is 0. The first-order valence-corrected chi connectivity index (χ1v) is 5.01. The molecule has 0 spiro atoms. The van der Waals surface area contributed by atoms with Crippen LogP contribution >= 0.6 is 0 Å². The zero-order valence-electron chi connectivity index (χ0n) is 8.01. The predicted molar refractivity (Wildman–Crippen MR) is 50.5 cm³/mol. The number of carbonyl (C=O) groups excluding carboxylic acids is 2. The van der Waals surface area contributed by atoms with Crippen LogP contribution in [0.1, 0.15) is 6.42 Å². The molecule has 1 atom stereocenters. The summed E-state index contributed by atoms with van der Waals surface area (Å²) in [5.74, 6) is 0.622. The third-order valence-corrected chi connectivity index (χ3v) is 2.78. The van der Waals surface area contributed by atoms with E-state index in [1.165, 1.54) is 0 Å². The van der Waals surface area contributed by atoms with E-state index in [9.17, 15) is 9.59 Å². The van der Waals surface area contributed by atoms with E-state index in [0.717, 1.165) is 13.1 Å². The van der Waals surface area contributed by atoms with Gasteiger partial charge in [-0.05, 0) is 0 Å². The Labute approximate surface area is 82.6 Å². The minimum atomic E-state index is 0.0922. The van der Waals surface area contributed by atoms with Crippen LogP contribution in [0.2, 0.25) is 0 Å². The molecule has 0 aliphatic carbocycles. The van der Waals surface area contributed by atoms with E-state index in [-0.39, 0.29) is 23.7 Å². The quantitative estimate of drug-likeness (QED) is 0.513. The van der Waals surface area contributed by atoms with Crippen molar-refractivity contribution in [1.82, 2.24) is 16.0 Å². The van der Waals surface area contributed by atoms with Crippen molar-refractivity contribution in [3.63, 3.8) is 0 Å². The van der Waals surface area contributed by atoms with Gasteiger partial charge in [-0.2, -0.15) is 0 Å². The molecular weight excluding hydrogens is 182 g/mol. The van der Waals surface area contributed by atoms with Gasteiger partial charge in [0.2, 0.25) is 11.8 Å². The smallest absolute Gasteiger partial charge is 0.225 e. The summed E-state index contributed by atoms with van der Waals surface area (Å²) < 4.78 is 0. The number of carbonyl (C=O) groups is 2. The molecule has 78 valence electrons. The second-order valence-electron chi connectivity index (χ2n) is 3.97. The fourth-order valence-corrected chi connectivity index (χ4v) is 1.67. The lowest BCUT2D eigenvalue weighted by Crippen LogP contribution is -2.51. The Hall–Kier alpha value is -1.10. The van der Waals surface area contributed by atoms with Crippen molar-refractivity contribution >= 4 is 11.8 Å². The van der Waals surface area contributed by atoms with Gasteiger partial charge in [-0.25, -0.2) is 0 Å². The molecule has 2 heterocycles. The molecule has 0 radical (unpaired) electrons. The highest BCUT2D eigenvalue weighted by Crippen LogP contribution is 2.08. The zero-order chi connectivity index (χ0) is 9.97. The largest absolute Gasteiger partial charge is 0.356 e. The zero-order valence-corrected chi connectivity index (χ0v) is 8.01. The first-order valence-electron chi connectivity index (χ1n) is 5.01. The summed E-state index contributed by atoms with van der Waals surface area (Å²) in [5, 5.41) is 8.67. The summed E-state index contributed by atoms with van der Waals surface area (Å²) in [6.45, 7) is 2.89. The lowest BCUT2D eigenvalue weighted by Gasteiger charge is -2.26. The maximum atomic E-state index is 11.4. The maximum Gasteiger partial charge on any atom is 0.225 e. The highest BCUT2D eigenvalue weighted by molar-refractivity contribution is 5.80. The molecule has 14 heavy (non-hydrogen) atoms. The molecule has 2 fully saturated rings. The normalized spacial score (nSPS) is 26.9. The Morgan fingerprint density at radius 2 is 2.21 bits per heavy atom. The fourth-order valence-electron chi connectivity index (χ4n) is 1.67. The molecule has 1 unspecified atom stereocenters. The molecule has 2 aliphatic heterocycles. The van der Waals surface area contributed by atoms with Gasteiger partial charge in [-0.1, -0.05) is 0 Å². The van der Waals surface area contributed by atoms with Gasteiger partial charge in [-0.15, -0.1) is 0 Å². The Bertz CT molecular complexity index is 250. The van der Waals surface area contributed by atoms with Gasteiger partial charge in [-0.3, -0.25) is 9.59 Å². The average Bonchev–Trinajstić information content (AvgIpc) is 2.45. The van der Waals surface area contributed by atoms with E-state index in [0.29, 0.717) is 19.5 Å². The van der Waals surface area contributed by atoms with Crippen LogP contribution < -0.4 is 16.0 Å². The van der Waals surface area contributed by atoms with Crippen molar-refractivity contribution < 1.29 is 9.59 Å². The Kier molecular flexibility index (Phi) is 2.67. The summed E-state index contributed by atoms with van der Waals surface area (Å²) in [6.07, 6.45) is 0.545. The molecule has 5 heteroatoms. The maximum absolute atomic E-state index is 11.4. The highest BCUT2D eigenvalue weighted by atomic mass is 16.2. The van der Waals surface area contributed by atoms with Gasteiger partial charge in [0.25, 0.3) is 0 Å². The number of hydrogen-bond donors (Lipinski definition) is 3. The highest BCUT2D eigenvalue weighted by Gasteiger charge is 2.26. The van der Waals surface area contributed by atoms with Crippen LogP contribution in [0.25, 0.3) is 0 Å². The summed E-state index contributed by atoms with van der Waals surface area (Å²) in [6, 6.07) is 0. The lowest BCUT2D eigenvalue weighted by atomic mass is 10.0. The van der Waals surface area contributed by atoms with E-state index in [2.05, 4.69) is 16.0 Å². The molecule has 0 aromatic heterocycles. The van der Waals surface area contributed by atoms with Crippen molar-refractivity contribution in [1.29, 1.82) is 0 Å². The van der Waals surface area contributed by atoms with Crippen LogP contribution in [0, 0.1) is 11.8 Å². The van der Waals surface area contributed by atoms with Crippen LogP contribution in [-0.2, 0) is 9.59 Å². The molecule has 0 aromatic carbocycles. The SMILES string of the molecule is O=C1CC(CNC(=O)C2CNC2)CN1. The number of hydrogen-bond acceptors (Lipinski definition) is 3. The summed E-state index contributed by atoms with van der Waals surface area (Å²) in [5.41, 5.74) is 0. The number of amides is 2. The first-order chi connectivity index (χ1) is 6.75. The minimum Gasteiger partial charge on any atom is -0.356 e. The second-order valence-corrected chi connectivity index (χ2v) is 3.97. The second kappa shape index (κ2) is 3.96. The molecule has 2 amide bonds. The van der Waals surface area contributed by atoms with Gasteiger partial charge < -0.3 is 16.0 Å².